The van der Waals surface area contributed by atoms with Crippen molar-refractivity contribution in [1.82, 2.24) is 9.55 Å². The molecule has 226 valence electrons. The lowest BCUT2D eigenvalue weighted by molar-refractivity contribution is -0.138. The van der Waals surface area contributed by atoms with Crippen LogP contribution in [0.5, 0.6) is 0 Å². The van der Waals surface area contributed by atoms with E-state index in [0.717, 1.165) is 38.3 Å². The van der Waals surface area contributed by atoms with E-state index in [0.29, 0.717) is 59.7 Å². The van der Waals surface area contributed by atoms with Gasteiger partial charge < -0.3 is 34.0 Å². The number of oxazole rings is 1. The highest BCUT2D eigenvalue weighted by molar-refractivity contribution is 6.34. The summed E-state index contributed by atoms with van der Waals surface area (Å²) >= 11 is 0. The number of hydrogen-bond acceptors (Lipinski definition) is 7. The molecule has 11 heteroatoms. The zero-order valence-corrected chi connectivity index (χ0v) is 23.9. The third kappa shape index (κ3) is 4.88. The predicted octanol–water partition coefficient (Wildman–Crippen LogP) is 7.34. The maximum Gasteiger partial charge on any atom is 0.335 e. The van der Waals surface area contributed by atoms with Crippen LogP contribution in [0.4, 0.5) is 5.69 Å². The van der Waals surface area contributed by atoms with Crippen LogP contribution in [-0.4, -0.2) is 49.3 Å². The molecular formula is C34H27N3O8. The fraction of sp³-hybridized carbons (Fsp3) is 0.176. The van der Waals surface area contributed by atoms with E-state index in [1.54, 1.807) is 12.1 Å². The minimum absolute atomic E-state index is 0.0102. The summed E-state index contributed by atoms with van der Waals surface area (Å²) in [5, 5.41) is 34.5. The molecular weight excluding hydrogens is 578 g/mol. The number of nitrogens with zero attached hydrogens (tertiary/aromatic N) is 2. The van der Waals surface area contributed by atoms with E-state index in [4.69, 9.17) is 18.9 Å². The second-order valence-corrected chi connectivity index (χ2v) is 10.9. The number of anilines is 1. The molecule has 4 aromatic carbocycles. The van der Waals surface area contributed by atoms with Crippen LogP contribution in [0.1, 0.15) is 36.0 Å². The molecule has 45 heavy (non-hydrogen) atoms. The number of aliphatic carboxylic acids is 2. The molecule has 4 N–H and O–H groups in total. The van der Waals surface area contributed by atoms with Gasteiger partial charge in [-0.25, -0.2) is 9.78 Å². The molecule has 11 nitrogen and oxygen atoms in total. The van der Waals surface area contributed by atoms with Gasteiger partial charge in [0.05, 0.1) is 11.1 Å². The Morgan fingerprint density at radius 3 is 2.31 bits per heavy atom. The molecule has 0 radical (unpaired) electrons. The predicted molar refractivity (Wildman–Crippen MR) is 169 cm³/mol. The highest BCUT2D eigenvalue weighted by atomic mass is 16.4. The summed E-state index contributed by atoms with van der Waals surface area (Å²) in [4.78, 5) is 38.7. The van der Waals surface area contributed by atoms with Crippen molar-refractivity contribution in [3.63, 3.8) is 0 Å². The minimum Gasteiger partial charge on any atom is -0.481 e. The number of para-hydroxylation sites is 1. The lowest BCUT2D eigenvalue weighted by atomic mass is 10.0. The molecule has 0 amide bonds. The molecule has 0 bridgehead atoms. The number of carboxylic acid groups (broad SMARTS) is 3. The molecule has 3 heterocycles. The van der Waals surface area contributed by atoms with Crippen LogP contribution in [0.2, 0.25) is 0 Å². The first-order valence-electron chi connectivity index (χ1n) is 14.5. The van der Waals surface area contributed by atoms with E-state index in [1.807, 2.05) is 42.5 Å². The molecule has 0 spiro atoms. The largest absolute Gasteiger partial charge is 0.481 e. The van der Waals surface area contributed by atoms with E-state index in [-0.39, 0.29) is 18.4 Å². The van der Waals surface area contributed by atoms with Crippen molar-refractivity contribution in [2.75, 3.05) is 11.9 Å². The third-order valence-electron chi connectivity index (χ3n) is 8.02. The number of benzene rings is 4. The van der Waals surface area contributed by atoms with Crippen LogP contribution in [0.25, 0.3) is 66.3 Å². The molecule has 0 unspecified atom stereocenters. The molecule has 0 aliphatic carbocycles. The Morgan fingerprint density at radius 2 is 1.56 bits per heavy atom. The maximum absolute atomic E-state index is 11.4. The molecule has 7 rings (SSSR count). The SMILES string of the molecule is O=C(O)CCCNc1ccc2c(c1)oc1c3oc(-c4ccc(C(=O)O)cc4)nc3c3c(c4ccccc4n3CCCC(=O)O)c21. The van der Waals surface area contributed by atoms with Crippen molar-refractivity contribution in [1.29, 1.82) is 0 Å². The first kappa shape index (κ1) is 28.0. The number of aromatic carboxylic acids is 1. The van der Waals surface area contributed by atoms with E-state index >= 15 is 0 Å². The molecule has 7 aromatic rings. The Bertz CT molecular complexity index is 2290. The van der Waals surface area contributed by atoms with Crippen LogP contribution in [0.15, 0.2) is 75.6 Å². The Hall–Kier alpha value is -5.84. The normalized spacial score (nSPS) is 11.7. The van der Waals surface area contributed by atoms with Crippen molar-refractivity contribution in [2.24, 2.45) is 0 Å². The standard InChI is InChI=1S/C34H27N3O8/c38-25(39)7-3-15-35-20-13-14-22-24(17-20)44-31-28(22)27-21-5-1-2-6-23(21)37(16-4-8-26(40)41)30(27)29-32(31)45-33(36-29)18-9-11-19(12-10-18)34(42)43/h1-2,5-6,9-14,17,35H,3-4,7-8,15-16H2,(H,38,39)(H,40,41)(H,42,43). The molecule has 3 aromatic heterocycles. The number of carbonyl (C=O) groups is 3. The summed E-state index contributed by atoms with van der Waals surface area (Å²) in [5.74, 6) is -2.46. The van der Waals surface area contributed by atoms with Crippen molar-refractivity contribution < 1.29 is 38.5 Å². The number of aromatic nitrogens is 2. The summed E-state index contributed by atoms with van der Waals surface area (Å²) in [7, 11) is 0. The first-order valence-corrected chi connectivity index (χ1v) is 14.5. The fourth-order valence-corrected chi connectivity index (χ4v) is 6.02. The summed E-state index contributed by atoms with van der Waals surface area (Å²) < 4.78 is 15.0. The Morgan fingerprint density at radius 1 is 0.800 bits per heavy atom. The van der Waals surface area contributed by atoms with Crippen LogP contribution in [-0.2, 0) is 16.1 Å². The molecule has 0 saturated heterocycles. The Kier molecular flexibility index (Phi) is 6.85. The Balaban J connectivity index is 1.49. The van der Waals surface area contributed by atoms with E-state index < -0.39 is 17.9 Å². The smallest absolute Gasteiger partial charge is 0.335 e. The summed E-state index contributed by atoms with van der Waals surface area (Å²) in [6, 6.07) is 20.0. The van der Waals surface area contributed by atoms with Gasteiger partial charge in [-0.3, -0.25) is 9.59 Å². The van der Waals surface area contributed by atoms with Gasteiger partial charge in [0.2, 0.25) is 11.5 Å². The van der Waals surface area contributed by atoms with Gasteiger partial charge in [-0.15, -0.1) is 0 Å². The van der Waals surface area contributed by atoms with Gasteiger partial charge >= 0.3 is 17.9 Å². The van der Waals surface area contributed by atoms with Gasteiger partial charge in [-0.2, -0.15) is 0 Å². The summed E-state index contributed by atoms with van der Waals surface area (Å²) in [6.45, 7) is 0.926. The number of fused-ring (bicyclic) bond motifs is 10. The van der Waals surface area contributed by atoms with E-state index in [1.165, 1.54) is 12.1 Å². The Labute approximate surface area is 254 Å². The second-order valence-electron chi connectivity index (χ2n) is 10.9. The highest BCUT2D eigenvalue weighted by Crippen LogP contribution is 2.46. The monoisotopic (exact) mass is 605 g/mol. The van der Waals surface area contributed by atoms with Gasteiger partial charge in [0.1, 0.15) is 11.1 Å². The molecule has 0 saturated carbocycles. The lowest BCUT2D eigenvalue weighted by Crippen LogP contribution is -2.04. The molecule has 0 atom stereocenters. The van der Waals surface area contributed by atoms with Gasteiger partial charge in [-0.05, 0) is 55.3 Å². The maximum atomic E-state index is 11.4. The molecule has 0 aliphatic rings. The lowest BCUT2D eigenvalue weighted by Gasteiger charge is -2.07. The third-order valence-corrected chi connectivity index (χ3v) is 8.02. The van der Waals surface area contributed by atoms with Gasteiger partial charge in [0.25, 0.3) is 0 Å². The summed E-state index contributed by atoms with van der Waals surface area (Å²) in [5.41, 5.74) is 5.31. The number of carboxylic acids is 3. The first-order chi connectivity index (χ1) is 21.8. The highest BCUT2D eigenvalue weighted by Gasteiger charge is 2.26. The van der Waals surface area contributed by atoms with Crippen molar-refractivity contribution >= 4 is 78.4 Å². The van der Waals surface area contributed by atoms with E-state index in [2.05, 4.69) is 9.88 Å². The number of hydrogen-bond donors (Lipinski definition) is 4. The van der Waals surface area contributed by atoms with Crippen LogP contribution in [0.3, 0.4) is 0 Å². The number of furan rings is 1. The number of nitrogens with one attached hydrogen (secondary N) is 1. The number of rotatable bonds is 11. The zero-order valence-electron chi connectivity index (χ0n) is 23.9. The topological polar surface area (TPSA) is 168 Å². The van der Waals surface area contributed by atoms with Crippen LogP contribution < -0.4 is 5.32 Å². The average molecular weight is 606 g/mol. The van der Waals surface area contributed by atoms with E-state index in [9.17, 15) is 24.6 Å². The van der Waals surface area contributed by atoms with Crippen molar-refractivity contribution in [3.05, 3.63) is 72.3 Å². The van der Waals surface area contributed by atoms with Crippen LogP contribution in [0, 0.1) is 0 Å². The van der Waals surface area contributed by atoms with Crippen molar-refractivity contribution in [2.45, 2.75) is 32.2 Å². The van der Waals surface area contributed by atoms with Gasteiger partial charge in [0, 0.05) is 70.3 Å². The average Bonchev–Trinajstić information content (AvgIpc) is 3.71. The fourth-order valence-electron chi connectivity index (χ4n) is 6.02. The van der Waals surface area contributed by atoms with Crippen LogP contribution >= 0.6 is 0 Å². The van der Waals surface area contributed by atoms with Gasteiger partial charge in [-0.1, -0.05) is 18.2 Å². The minimum atomic E-state index is -1.04. The quantitative estimate of drug-likeness (QED) is 0.109. The van der Waals surface area contributed by atoms with Crippen molar-refractivity contribution in [3.8, 4) is 11.5 Å². The van der Waals surface area contributed by atoms with Gasteiger partial charge in [0.15, 0.2) is 5.58 Å². The number of aryl methyl sites for hydroxylation is 1. The molecule has 0 fully saturated rings. The molecule has 0 aliphatic heterocycles. The summed E-state index contributed by atoms with van der Waals surface area (Å²) in [6.07, 6.45) is 0.965. The second kappa shape index (κ2) is 11.0. The zero-order chi connectivity index (χ0) is 31.2.